The highest BCUT2D eigenvalue weighted by molar-refractivity contribution is 5.26. The molecule has 0 spiro atoms. The Bertz CT molecular complexity index is 557. The van der Waals surface area contributed by atoms with Crippen molar-refractivity contribution in [2.45, 2.75) is 13.0 Å². The average Bonchev–Trinajstić information content (AvgIpc) is 2.55. The lowest BCUT2D eigenvalue weighted by Crippen LogP contribution is -2.35. The van der Waals surface area contributed by atoms with Crippen molar-refractivity contribution in [3.63, 3.8) is 0 Å². The molecule has 2 rings (SSSR count). The van der Waals surface area contributed by atoms with Crippen molar-refractivity contribution >= 4 is 0 Å². The maximum atomic E-state index is 10.0. The van der Waals surface area contributed by atoms with Gasteiger partial charge in [-0.1, -0.05) is 35.9 Å². The number of likely N-dealkylation sites (N-methyl/N-ethyl adjacent to an activating group) is 1. The van der Waals surface area contributed by atoms with E-state index in [1.807, 2.05) is 73.5 Å². The first-order valence-corrected chi connectivity index (χ1v) is 7.87. The maximum absolute atomic E-state index is 10.0. The smallest absolute Gasteiger partial charge is 0.119 e. The van der Waals surface area contributed by atoms with Crippen LogP contribution in [0.25, 0.3) is 0 Å². The molecule has 23 heavy (non-hydrogen) atoms. The molecule has 2 aromatic rings. The third-order valence-corrected chi connectivity index (χ3v) is 3.47. The first kappa shape index (κ1) is 17.3. The van der Waals surface area contributed by atoms with Crippen LogP contribution in [0.1, 0.15) is 5.56 Å². The van der Waals surface area contributed by atoms with Crippen LogP contribution in [0.5, 0.6) is 11.5 Å². The molecule has 4 nitrogen and oxygen atoms in total. The Hall–Kier alpha value is -2.04. The Labute approximate surface area is 138 Å². The Morgan fingerprint density at radius 3 is 2.30 bits per heavy atom. The lowest BCUT2D eigenvalue weighted by Gasteiger charge is -2.21. The van der Waals surface area contributed by atoms with Crippen molar-refractivity contribution in [3.05, 3.63) is 60.2 Å². The van der Waals surface area contributed by atoms with Crippen molar-refractivity contribution in [1.29, 1.82) is 0 Å². The summed E-state index contributed by atoms with van der Waals surface area (Å²) in [6.45, 7) is 4.20. The summed E-state index contributed by atoms with van der Waals surface area (Å²) in [7, 11) is 1.96. The second-order valence-electron chi connectivity index (χ2n) is 5.70. The van der Waals surface area contributed by atoms with Gasteiger partial charge in [-0.05, 0) is 38.2 Å². The molecule has 2 aromatic carbocycles. The zero-order valence-electron chi connectivity index (χ0n) is 13.8. The summed E-state index contributed by atoms with van der Waals surface area (Å²) >= 11 is 0. The first-order valence-electron chi connectivity index (χ1n) is 7.87. The molecule has 0 amide bonds. The summed E-state index contributed by atoms with van der Waals surface area (Å²) in [4.78, 5) is 2.03. The minimum Gasteiger partial charge on any atom is -0.492 e. The van der Waals surface area contributed by atoms with Crippen LogP contribution >= 0.6 is 0 Å². The van der Waals surface area contributed by atoms with Crippen LogP contribution in [-0.2, 0) is 0 Å². The molecule has 4 heteroatoms. The third kappa shape index (κ3) is 6.72. The zero-order chi connectivity index (χ0) is 16.5. The van der Waals surface area contributed by atoms with E-state index in [9.17, 15) is 5.11 Å². The molecule has 0 saturated heterocycles. The van der Waals surface area contributed by atoms with Crippen molar-refractivity contribution in [3.8, 4) is 11.5 Å². The highest BCUT2D eigenvalue weighted by atomic mass is 16.5. The van der Waals surface area contributed by atoms with E-state index >= 15 is 0 Å². The molecule has 0 radical (unpaired) electrons. The van der Waals surface area contributed by atoms with E-state index in [2.05, 4.69) is 0 Å². The first-order chi connectivity index (χ1) is 11.1. The Morgan fingerprint density at radius 1 is 0.957 bits per heavy atom. The van der Waals surface area contributed by atoms with Gasteiger partial charge in [0.25, 0.3) is 0 Å². The van der Waals surface area contributed by atoms with Gasteiger partial charge in [0, 0.05) is 13.1 Å². The van der Waals surface area contributed by atoms with Gasteiger partial charge in [0.2, 0.25) is 0 Å². The molecule has 0 saturated carbocycles. The normalized spacial score (nSPS) is 12.2. The molecule has 0 aromatic heterocycles. The van der Waals surface area contributed by atoms with Gasteiger partial charge in [0.05, 0.1) is 0 Å². The molecule has 1 unspecified atom stereocenters. The van der Waals surface area contributed by atoms with Crippen molar-refractivity contribution < 1.29 is 14.6 Å². The summed E-state index contributed by atoms with van der Waals surface area (Å²) in [6, 6.07) is 17.6. The van der Waals surface area contributed by atoms with Gasteiger partial charge in [-0.25, -0.2) is 0 Å². The van der Waals surface area contributed by atoms with Gasteiger partial charge in [0.1, 0.15) is 30.8 Å². The molecular formula is C19H25NO3. The number of hydrogen-bond donors (Lipinski definition) is 1. The summed E-state index contributed by atoms with van der Waals surface area (Å²) in [5.74, 6) is 1.65. The molecule has 0 aliphatic heterocycles. The van der Waals surface area contributed by atoms with Gasteiger partial charge in [-0.2, -0.15) is 0 Å². The minimum absolute atomic E-state index is 0.285. The fourth-order valence-electron chi connectivity index (χ4n) is 2.17. The van der Waals surface area contributed by atoms with E-state index in [0.29, 0.717) is 13.2 Å². The van der Waals surface area contributed by atoms with Gasteiger partial charge in [-0.15, -0.1) is 0 Å². The molecule has 1 N–H and O–H groups in total. The number of rotatable bonds is 9. The topological polar surface area (TPSA) is 41.9 Å². The standard InChI is InChI=1S/C19H25NO3/c1-16-8-10-19(11-9-16)23-15-17(21)14-20(2)12-13-22-18-6-4-3-5-7-18/h3-11,17,21H,12-15H2,1-2H3. The zero-order valence-corrected chi connectivity index (χ0v) is 13.8. The van der Waals surface area contributed by atoms with E-state index in [0.717, 1.165) is 18.0 Å². The predicted octanol–water partition coefficient (Wildman–Crippen LogP) is 2.75. The monoisotopic (exact) mass is 315 g/mol. The van der Waals surface area contributed by atoms with E-state index in [1.165, 1.54) is 5.56 Å². The Kier molecular flexibility index (Phi) is 6.91. The molecule has 0 aliphatic rings. The number of para-hydroxylation sites is 1. The van der Waals surface area contributed by atoms with Crippen LogP contribution in [0, 0.1) is 6.92 Å². The number of nitrogens with zero attached hydrogens (tertiary/aromatic N) is 1. The second kappa shape index (κ2) is 9.18. The summed E-state index contributed by atoms with van der Waals surface area (Å²) < 4.78 is 11.2. The van der Waals surface area contributed by atoms with Gasteiger partial charge in [0.15, 0.2) is 0 Å². The third-order valence-electron chi connectivity index (χ3n) is 3.47. The van der Waals surface area contributed by atoms with Crippen molar-refractivity contribution in [2.24, 2.45) is 0 Å². The molecule has 124 valence electrons. The van der Waals surface area contributed by atoms with E-state index < -0.39 is 6.10 Å². The highest BCUT2D eigenvalue weighted by Gasteiger charge is 2.09. The SMILES string of the molecule is Cc1ccc(OCC(O)CN(C)CCOc2ccccc2)cc1. The lowest BCUT2D eigenvalue weighted by atomic mass is 10.2. The number of ether oxygens (including phenoxy) is 2. The number of hydrogen-bond acceptors (Lipinski definition) is 4. The number of aliphatic hydroxyl groups excluding tert-OH is 1. The van der Waals surface area contributed by atoms with Crippen molar-refractivity contribution in [2.75, 3.05) is 33.4 Å². The fraction of sp³-hybridized carbons (Fsp3) is 0.368. The lowest BCUT2D eigenvalue weighted by molar-refractivity contribution is 0.0723. The van der Waals surface area contributed by atoms with Crippen LogP contribution in [0.3, 0.4) is 0 Å². The number of benzene rings is 2. The fourth-order valence-corrected chi connectivity index (χ4v) is 2.17. The predicted molar refractivity (Wildman–Crippen MR) is 92.1 cm³/mol. The van der Waals surface area contributed by atoms with Crippen LogP contribution in [-0.4, -0.2) is 49.5 Å². The molecular weight excluding hydrogens is 290 g/mol. The van der Waals surface area contributed by atoms with Crippen LogP contribution < -0.4 is 9.47 Å². The summed E-state index contributed by atoms with van der Waals surface area (Å²) in [6.07, 6.45) is -0.530. The second-order valence-corrected chi connectivity index (χ2v) is 5.70. The average molecular weight is 315 g/mol. The Balaban J connectivity index is 1.62. The maximum Gasteiger partial charge on any atom is 0.119 e. The molecule has 0 heterocycles. The van der Waals surface area contributed by atoms with Gasteiger partial charge in [-0.3, -0.25) is 0 Å². The van der Waals surface area contributed by atoms with Gasteiger partial charge >= 0.3 is 0 Å². The van der Waals surface area contributed by atoms with Gasteiger partial charge < -0.3 is 19.5 Å². The molecule has 0 aliphatic carbocycles. The molecule has 0 fully saturated rings. The molecule has 0 bridgehead atoms. The van der Waals surface area contributed by atoms with E-state index in [1.54, 1.807) is 0 Å². The van der Waals surface area contributed by atoms with Crippen LogP contribution in [0.15, 0.2) is 54.6 Å². The quantitative estimate of drug-likeness (QED) is 0.772. The molecule has 1 atom stereocenters. The Morgan fingerprint density at radius 2 is 1.61 bits per heavy atom. The number of aliphatic hydroxyl groups is 1. The van der Waals surface area contributed by atoms with Crippen LogP contribution in [0.4, 0.5) is 0 Å². The van der Waals surface area contributed by atoms with Crippen molar-refractivity contribution in [1.82, 2.24) is 4.90 Å². The largest absolute Gasteiger partial charge is 0.492 e. The highest BCUT2D eigenvalue weighted by Crippen LogP contribution is 2.12. The summed E-state index contributed by atoms with van der Waals surface area (Å²) in [5, 5.41) is 10.0. The number of aryl methyl sites for hydroxylation is 1. The van der Waals surface area contributed by atoms with E-state index in [4.69, 9.17) is 9.47 Å². The van der Waals surface area contributed by atoms with E-state index in [-0.39, 0.29) is 6.61 Å². The minimum atomic E-state index is -0.530. The summed E-state index contributed by atoms with van der Waals surface area (Å²) in [5.41, 5.74) is 1.19. The van der Waals surface area contributed by atoms with Crippen LogP contribution in [0.2, 0.25) is 0 Å².